The van der Waals surface area contributed by atoms with Crippen LogP contribution in [0.3, 0.4) is 0 Å². The molecule has 33 heavy (non-hydrogen) atoms. The quantitative estimate of drug-likeness (QED) is 0.415. The van der Waals surface area contributed by atoms with Gasteiger partial charge in [0.1, 0.15) is 5.75 Å². The van der Waals surface area contributed by atoms with Crippen LogP contribution >= 0.6 is 11.8 Å². The van der Waals surface area contributed by atoms with Crippen molar-refractivity contribution in [2.75, 3.05) is 6.54 Å². The minimum absolute atomic E-state index is 0.0304. The summed E-state index contributed by atoms with van der Waals surface area (Å²) in [6.07, 6.45) is 2.56. The molecule has 1 aliphatic rings. The van der Waals surface area contributed by atoms with Gasteiger partial charge in [-0.1, -0.05) is 37.3 Å². The maximum atomic E-state index is 13.0. The van der Waals surface area contributed by atoms with Crippen LogP contribution in [0.2, 0.25) is 0 Å². The molecule has 170 valence electrons. The summed E-state index contributed by atoms with van der Waals surface area (Å²) in [5.74, 6) is -2.08. The van der Waals surface area contributed by atoms with Gasteiger partial charge < -0.3 is 14.9 Å². The zero-order valence-electron chi connectivity index (χ0n) is 17.8. The summed E-state index contributed by atoms with van der Waals surface area (Å²) < 4.78 is 5.53. The molecule has 0 spiro atoms. The molecule has 0 radical (unpaired) electrons. The number of amides is 1. The molecule has 1 atom stereocenters. The Kier molecular flexibility index (Phi) is 7.68. The van der Waals surface area contributed by atoms with Crippen LogP contribution in [0.15, 0.2) is 71.1 Å². The molecule has 0 aliphatic carbocycles. The number of carbonyl (C=O) groups excluding carboxylic acids is 1. The van der Waals surface area contributed by atoms with Crippen molar-refractivity contribution in [2.45, 2.75) is 19.4 Å². The van der Waals surface area contributed by atoms with Crippen molar-refractivity contribution in [3.63, 3.8) is 0 Å². The van der Waals surface area contributed by atoms with Crippen molar-refractivity contribution in [3.8, 4) is 5.75 Å². The second kappa shape index (κ2) is 10.6. The maximum Gasteiger partial charge on any atom is 0.344 e. The molecule has 9 heteroatoms. The molecule has 2 N–H and O–H groups in total. The number of aliphatic carboxylic acids is 1. The monoisotopic (exact) mass is 466 g/mol. The molecule has 1 amide bonds. The van der Waals surface area contributed by atoms with Crippen LogP contribution in [0, 0.1) is 0 Å². The minimum atomic E-state index is -1.11. The Labute approximate surface area is 194 Å². The Morgan fingerprint density at radius 1 is 1.21 bits per heavy atom. The first-order valence-corrected chi connectivity index (χ1v) is 10.9. The Balaban J connectivity index is 1.93. The number of carbonyl (C=O) groups is 3. The van der Waals surface area contributed by atoms with Crippen molar-refractivity contribution in [1.82, 2.24) is 4.90 Å². The van der Waals surface area contributed by atoms with Crippen LogP contribution < -0.4 is 4.74 Å². The van der Waals surface area contributed by atoms with Gasteiger partial charge in [-0.15, -0.1) is 6.58 Å². The van der Waals surface area contributed by atoms with E-state index in [1.165, 1.54) is 11.0 Å². The molecule has 3 rings (SSSR count). The third kappa shape index (κ3) is 5.69. The molecule has 1 unspecified atom stereocenters. The second-order valence-corrected chi connectivity index (χ2v) is 7.97. The van der Waals surface area contributed by atoms with E-state index in [1.54, 1.807) is 61.5 Å². The smallest absolute Gasteiger partial charge is 0.344 e. The average Bonchev–Trinajstić information content (AvgIpc) is 3.07. The van der Waals surface area contributed by atoms with Crippen molar-refractivity contribution < 1.29 is 29.3 Å². The molecule has 0 bridgehead atoms. The summed E-state index contributed by atoms with van der Waals surface area (Å²) in [5.41, 5.74) is 0.919. The first-order chi connectivity index (χ1) is 15.8. The number of amidine groups is 1. The highest BCUT2D eigenvalue weighted by Crippen LogP contribution is 2.35. The van der Waals surface area contributed by atoms with Gasteiger partial charge in [0, 0.05) is 6.54 Å². The standard InChI is InChI=1S/C24H22N2O6S/c1-3-12-26-21(27)20(33-24(26)25-18-11-6-5-10-17(18)22(28)29)14-15-8-7-9-16(13-15)32-19(4-2)23(30)31/h3,5-11,13-14,19H,1,4,12H2,2H3,(H,28,29)(H,30,31)/b20-14-,25-24?. The van der Waals surface area contributed by atoms with E-state index in [0.717, 1.165) is 11.8 Å². The van der Waals surface area contributed by atoms with E-state index in [2.05, 4.69) is 11.6 Å². The largest absolute Gasteiger partial charge is 0.479 e. The highest BCUT2D eigenvalue weighted by Gasteiger charge is 2.33. The van der Waals surface area contributed by atoms with Crippen molar-refractivity contribution in [3.05, 3.63) is 77.2 Å². The molecule has 0 saturated carbocycles. The summed E-state index contributed by atoms with van der Waals surface area (Å²) >= 11 is 1.12. The van der Waals surface area contributed by atoms with E-state index in [1.807, 2.05) is 0 Å². The third-order valence-corrected chi connectivity index (χ3v) is 5.64. The van der Waals surface area contributed by atoms with E-state index in [-0.39, 0.29) is 23.7 Å². The fourth-order valence-electron chi connectivity index (χ4n) is 3.04. The molecule has 1 fully saturated rings. The number of hydrogen-bond donors (Lipinski definition) is 2. The zero-order chi connectivity index (χ0) is 24.0. The Morgan fingerprint density at radius 3 is 2.64 bits per heavy atom. The van der Waals surface area contributed by atoms with Crippen molar-refractivity contribution in [2.24, 2.45) is 4.99 Å². The lowest BCUT2D eigenvalue weighted by Crippen LogP contribution is -2.29. The molecule has 1 aliphatic heterocycles. The highest BCUT2D eigenvalue weighted by molar-refractivity contribution is 8.18. The number of ether oxygens (including phenoxy) is 1. The Morgan fingerprint density at radius 2 is 1.97 bits per heavy atom. The van der Waals surface area contributed by atoms with E-state index in [4.69, 9.17) is 4.74 Å². The average molecular weight is 467 g/mol. The van der Waals surface area contributed by atoms with Gasteiger partial charge in [-0.25, -0.2) is 14.6 Å². The van der Waals surface area contributed by atoms with Gasteiger partial charge in [0.15, 0.2) is 11.3 Å². The van der Waals surface area contributed by atoms with Gasteiger partial charge in [-0.3, -0.25) is 9.69 Å². The lowest BCUT2D eigenvalue weighted by atomic mass is 10.2. The van der Waals surface area contributed by atoms with Gasteiger partial charge in [0.25, 0.3) is 5.91 Å². The first-order valence-electron chi connectivity index (χ1n) is 10.1. The third-order valence-electron chi connectivity index (χ3n) is 4.63. The van der Waals surface area contributed by atoms with Gasteiger partial charge >= 0.3 is 11.9 Å². The molecule has 8 nitrogen and oxygen atoms in total. The zero-order valence-corrected chi connectivity index (χ0v) is 18.6. The summed E-state index contributed by atoms with van der Waals surface area (Å²) in [7, 11) is 0. The normalized spacial score (nSPS) is 16.8. The Bertz CT molecular complexity index is 1160. The number of carboxylic acid groups (broad SMARTS) is 2. The van der Waals surface area contributed by atoms with Crippen LogP contribution in [0.25, 0.3) is 6.08 Å². The molecule has 1 saturated heterocycles. The molecule has 2 aromatic carbocycles. The number of carboxylic acids is 2. The number of rotatable bonds is 9. The first kappa shape index (κ1) is 23.8. The molecular weight excluding hydrogens is 444 g/mol. The highest BCUT2D eigenvalue weighted by atomic mass is 32.2. The summed E-state index contributed by atoms with van der Waals surface area (Å²) in [5, 5.41) is 19.0. The van der Waals surface area contributed by atoms with Crippen molar-refractivity contribution >= 4 is 46.5 Å². The van der Waals surface area contributed by atoms with Crippen LogP contribution in [0.5, 0.6) is 5.75 Å². The Hall–Kier alpha value is -3.85. The van der Waals surface area contributed by atoms with Crippen LogP contribution in [-0.2, 0) is 9.59 Å². The lowest BCUT2D eigenvalue weighted by Gasteiger charge is -2.13. The fourth-order valence-corrected chi connectivity index (χ4v) is 4.04. The van der Waals surface area contributed by atoms with E-state index in [9.17, 15) is 24.6 Å². The molecule has 2 aromatic rings. The van der Waals surface area contributed by atoms with Gasteiger partial charge in [0.05, 0.1) is 16.2 Å². The number of aliphatic imine (C=N–C) groups is 1. The molecular formula is C24H22N2O6S. The lowest BCUT2D eigenvalue weighted by molar-refractivity contribution is -0.145. The van der Waals surface area contributed by atoms with Gasteiger partial charge in [-0.2, -0.15) is 0 Å². The predicted molar refractivity (Wildman–Crippen MR) is 127 cm³/mol. The van der Waals surface area contributed by atoms with Gasteiger partial charge in [-0.05, 0) is 54.1 Å². The predicted octanol–water partition coefficient (Wildman–Crippen LogP) is 4.42. The summed E-state index contributed by atoms with van der Waals surface area (Å²) in [4.78, 5) is 42.0. The van der Waals surface area contributed by atoms with Gasteiger partial charge in [0.2, 0.25) is 0 Å². The number of benzene rings is 2. The number of nitrogens with zero attached hydrogens (tertiary/aromatic N) is 2. The summed E-state index contributed by atoms with van der Waals surface area (Å²) in [6, 6.07) is 13.1. The number of para-hydroxylation sites is 1. The van der Waals surface area contributed by atoms with E-state index < -0.39 is 18.0 Å². The number of aromatic carboxylic acids is 1. The summed E-state index contributed by atoms with van der Waals surface area (Å²) in [6.45, 7) is 5.60. The molecule has 1 heterocycles. The SMILES string of the molecule is C=CCN1C(=O)/C(=C/c2cccc(OC(CC)C(=O)O)c2)SC1=Nc1ccccc1C(=O)O. The van der Waals surface area contributed by atoms with Crippen LogP contribution in [0.1, 0.15) is 29.3 Å². The van der Waals surface area contributed by atoms with E-state index >= 15 is 0 Å². The topological polar surface area (TPSA) is 117 Å². The second-order valence-electron chi connectivity index (χ2n) is 6.96. The van der Waals surface area contributed by atoms with E-state index in [0.29, 0.717) is 27.8 Å². The molecule has 0 aromatic heterocycles. The fraction of sp³-hybridized carbons (Fsp3) is 0.167. The van der Waals surface area contributed by atoms with Crippen molar-refractivity contribution in [1.29, 1.82) is 0 Å². The maximum absolute atomic E-state index is 13.0. The van der Waals surface area contributed by atoms with Crippen LogP contribution in [0.4, 0.5) is 5.69 Å². The minimum Gasteiger partial charge on any atom is -0.479 e. The van der Waals surface area contributed by atoms with Crippen LogP contribution in [-0.4, -0.2) is 50.8 Å². The number of thioether (sulfide) groups is 1. The number of hydrogen-bond acceptors (Lipinski definition) is 6.